The molecule has 1 N–H and O–H groups in total. The van der Waals surface area contributed by atoms with Crippen molar-refractivity contribution in [2.45, 2.75) is 20.0 Å². The summed E-state index contributed by atoms with van der Waals surface area (Å²) < 4.78 is 14.1. The molecule has 0 fully saturated rings. The van der Waals surface area contributed by atoms with Crippen molar-refractivity contribution < 1.29 is 9.50 Å². The van der Waals surface area contributed by atoms with E-state index in [4.69, 9.17) is 0 Å². The van der Waals surface area contributed by atoms with Crippen LogP contribution in [-0.4, -0.2) is 12.2 Å². The molecule has 0 aliphatic heterocycles. The maximum atomic E-state index is 14.1. The number of aryl methyl sites for hydroxylation is 1. The molecule has 2 nitrogen and oxygen atoms in total. The number of anilines is 2. The third-order valence-electron chi connectivity index (χ3n) is 3.19. The Hall–Kier alpha value is -1.87. The molecule has 0 saturated heterocycles. The average molecular weight is 259 g/mol. The van der Waals surface area contributed by atoms with Crippen LogP contribution in [0.15, 0.2) is 42.5 Å². The van der Waals surface area contributed by atoms with Gasteiger partial charge in [-0.15, -0.1) is 0 Å². The van der Waals surface area contributed by atoms with Crippen LogP contribution in [0.25, 0.3) is 0 Å². The minimum Gasteiger partial charge on any atom is -0.389 e. The van der Waals surface area contributed by atoms with Gasteiger partial charge in [0.25, 0.3) is 0 Å². The molecule has 0 bridgehead atoms. The van der Waals surface area contributed by atoms with Crippen LogP contribution in [0, 0.1) is 12.7 Å². The summed E-state index contributed by atoms with van der Waals surface area (Å²) in [7, 11) is 1.80. The second-order valence-electron chi connectivity index (χ2n) is 4.75. The van der Waals surface area contributed by atoms with Gasteiger partial charge in [-0.05, 0) is 37.6 Å². The molecular formula is C16H18FNO. The lowest BCUT2D eigenvalue weighted by Crippen LogP contribution is -2.14. The summed E-state index contributed by atoms with van der Waals surface area (Å²) in [5.41, 5.74) is 3.01. The van der Waals surface area contributed by atoms with Crippen molar-refractivity contribution in [2.75, 3.05) is 11.9 Å². The fourth-order valence-corrected chi connectivity index (χ4v) is 2.19. The number of aliphatic hydroxyl groups excluding tert-OH is 1. The molecule has 0 amide bonds. The van der Waals surface area contributed by atoms with Crippen LogP contribution in [0.5, 0.6) is 0 Å². The molecule has 0 radical (unpaired) electrons. The number of hydrogen-bond donors (Lipinski definition) is 1. The van der Waals surface area contributed by atoms with Crippen molar-refractivity contribution in [2.24, 2.45) is 0 Å². The summed E-state index contributed by atoms with van der Waals surface area (Å²) in [6, 6.07) is 12.6. The number of aliphatic hydroxyl groups is 1. The van der Waals surface area contributed by atoms with E-state index in [1.54, 1.807) is 31.0 Å². The van der Waals surface area contributed by atoms with Gasteiger partial charge >= 0.3 is 0 Å². The molecule has 3 heteroatoms. The highest BCUT2D eigenvalue weighted by molar-refractivity contribution is 5.67. The third-order valence-corrected chi connectivity index (χ3v) is 3.19. The molecule has 0 aromatic heterocycles. The molecule has 2 aromatic carbocycles. The first-order valence-electron chi connectivity index (χ1n) is 6.27. The summed E-state index contributed by atoms with van der Waals surface area (Å²) in [6.45, 7) is 3.64. The van der Waals surface area contributed by atoms with Gasteiger partial charge in [0.05, 0.1) is 11.8 Å². The molecule has 0 aliphatic rings. The zero-order valence-electron chi connectivity index (χ0n) is 11.4. The lowest BCUT2D eigenvalue weighted by atomic mass is 10.1. The second-order valence-corrected chi connectivity index (χ2v) is 4.75. The Bertz CT molecular complexity index is 581. The van der Waals surface area contributed by atoms with Crippen LogP contribution >= 0.6 is 0 Å². The number of benzene rings is 2. The maximum Gasteiger partial charge on any atom is 0.147 e. The second kappa shape index (κ2) is 5.41. The molecule has 1 atom stereocenters. The van der Waals surface area contributed by atoms with Gasteiger partial charge in [0, 0.05) is 18.3 Å². The lowest BCUT2D eigenvalue weighted by Gasteiger charge is -2.24. The average Bonchev–Trinajstić information content (AvgIpc) is 2.37. The number of rotatable bonds is 3. The van der Waals surface area contributed by atoms with Crippen LogP contribution in [-0.2, 0) is 0 Å². The number of para-hydroxylation sites is 1. The maximum absolute atomic E-state index is 14.1. The highest BCUT2D eigenvalue weighted by Gasteiger charge is 2.17. The van der Waals surface area contributed by atoms with Crippen LogP contribution in [0.3, 0.4) is 0 Å². The molecule has 1 unspecified atom stereocenters. The van der Waals surface area contributed by atoms with E-state index in [1.165, 1.54) is 6.07 Å². The first-order chi connectivity index (χ1) is 9.00. The fourth-order valence-electron chi connectivity index (χ4n) is 2.19. The fraction of sp³-hybridized carbons (Fsp3) is 0.250. The Balaban J connectivity index is 2.52. The van der Waals surface area contributed by atoms with Gasteiger partial charge in [0.2, 0.25) is 0 Å². The third kappa shape index (κ3) is 2.76. The molecule has 2 aromatic rings. The predicted octanol–water partition coefficient (Wildman–Crippen LogP) is 3.96. The van der Waals surface area contributed by atoms with E-state index in [2.05, 4.69) is 0 Å². The topological polar surface area (TPSA) is 23.5 Å². The quantitative estimate of drug-likeness (QED) is 0.902. The zero-order chi connectivity index (χ0) is 14.0. The SMILES string of the molecule is Cc1cccc(N(C)c2c(F)cccc2C(C)O)c1. The standard InChI is InChI=1S/C16H18FNO/c1-11-6-4-7-13(10-11)18(3)16-14(12(2)19)8-5-9-15(16)17/h4-10,12,19H,1-3H3. The van der Waals surface area contributed by atoms with Crippen molar-refractivity contribution in [3.63, 3.8) is 0 Å². The van der Waals surface area contributed by atoms with Crippen molar-refractivity contribution in [3.05, 3.63) is 59.4 Å². The van der Waals surface area contributed by atoms with Gasteiger partial charge in [-0.1, -0.05) is 24.3 Å². The first kappa shape index (κ1) is 13.6. The number of hydrogen-bond acceptors (Lipinski definition) is 2. The zero-order valence-corrected chi connectivity index (χ0v) is 11.4. The Kier molecular flexibility index (Phi) is 3.86. The van der Waals surface area contributed by atoms with Crippen molar-refractivity contribution in [1.82, 2.24) is 0 Å². The Labute approximate surface area is 113 Å². The lowest BCUT2D eigenvalue weighted by molar-refractivity contribution is 0.199. The Morgan fingerprint density at radius 3 is 2.47 bits per heavy atom. The molecular weight excluding hydrogens is 241 g/mol. The predicted molar refractivity (Wildman–Crippen MR) is 76.3 cm³/mol. The van der Waals surface area contributed by atoms with Gasteiger partial charge in [-0.25, -0.2) is 4.39 Å². The Morgan fingerprint density at radius 1 is 1.16 bits per heavy atom. The van der Waals surface area contributed by atoms with Crippen LogP contribution in [0.4, 0.5) is 15.8 Å². The first-order valence-corrected chi connectivity index (χ1v) is 6.27. The largest absolute Gasteiger partial charge is 0.389 e. The monoisotopic (exact) mass is 259 g/mol. The summed E-state index contributed by atoms with van der Waals surface area (Å²) >= 11 is 0. The van der Waals surface area contributed by atoms with Crippen molar-refractivity contribution in [1.29, 1.82) is 0 Å². The van der Waals surface area contributed by atoms with Gasteiger partial charge in [-0.3, -0.25) is 0 Å². The smallest absolute Gasteiger partial charge is 0.147 e. The van der Waals surface area contributed by atoms with Gasteiger partial charge < -0.3 is 10.0 Å². The normalized spacial score (nSPS) is 12.3. The minimum atomic E-state index is -0.710. The number of halogens is 1. The summed E-state index contributed by atoms with van der Waals surface area (Å²) in [4.78, 5) is 1.77. The molecule has 100 valence electrons. The molecule has 19 heavy (non-hydrogen) atoms. The summed E-state index contributed by atoms with van der Waals surface area (Å²) in [5, 5.41) is 9.79. The highest BCUT2D eigenvalue weighted by Crippen LogP contribution is 2.33. The van der Waals surface area contributed by atoms with Crippen LogP contribution in [0.1, 0.15) is 24.2 Å². The van der Waals surface area contributed by atoms with Crippen molar-refractivity contribution in [3.8, 4) is 0 Å². The van der Waals surface area contributed by atoms with Gasteiger partial charge in [0.15, 0.2) is 0 Å². The van der Waals surface area contributed by atoms with Gasteiger partial charge in [-0.2, -0.15) is 0 Å². The van der Waals surface area contributed by atoms with E-state index in [0.717, 1.165) is 11.3 Å². The van der Waals surface area contributed by atoms with Gasteiger partial charge in [0.1, 0.15) is 5.82 Å². The van der Waals surface area contributed by atoms with E-state index in [-0.39, 0.29) is 5.82 Å². The highest BCUT2D eigenvalue weighted by atomic mass is 19.1. The molecule has 0 saturated carbocycles. The van der Waals surface area contributed by atoms with E-state index < -0.39 is 6.10 Å². The van der Waals surface area contributed by atoms with Crippen molar-refractivity contribution >= 4 is 11.4 Å². The van der Waals surface area contributed by atoms with Crippen LogP contribution < -0.4 is 4.90 Å². The molecule has 2 rings (SSSR count). The molecule has 0 aliphatic carbocycles. The van der Waals surface area contributed by atoms with Crippen LogP contribution in [0.2, 0.25) is 0 Å². The Morgan fingerprint density at radius 2 is 1.84 bits per heavy atom. The van der Waals surface area contributed by atoms with E-state index in [9.17, 15) is 9.50 Å². The van der Waals surface area contributed by atoms with E-state index in [1.807, 2.05) is 31.2 Å². The number of nitrogens with zero attached hydrogens (tertiary/aromatic N) is 1. The minimum absolute atomic E-state index is 0.331. The van der Waals surface area contributed by atoms with E-state index in [0.29, 0.717) is 11.3 Å². The van der Waals surface area contributed by atoms with E-state index >= 15 is 0 Å². The molecule has 0 spiro atoms. The summed E-state index contributed by atoms with van der Waals surface area (Å²) in [6.07, 6.45) is -0.710. The summed E-state index contributed by atoms with van der Waals surface area (Å²) in [5.74, 6) is -0.331. The molecule has 0 heterocycles.